The Morgan fingerprint density at radius 3 is 2.16 bits per heavy atom. The van der Waals surface area contributed by atoms with Crippen LogP contribution >= 0.6 is 0 Å². The maximum atomic E-state index is 12.9. The number of carbonyl (C=O) groups excluding carboxylic acids is 3. The predicted molar refractivity (Wildman–Crippen MR) is 146 cm³/mol. The van der Waals surface area contributed by atoms with Crippen molar-refractivity contribution in [3.63, 3.8) is 0 Å². The number of hydrogen-bond donors (Lipinski definition) is 1. The van der Waals surface area contributed by atoms with Crippen LogP contribution < -0.4 is 14.8 Å². The third-order valence-corrected chi connectivity index (χ3v) is 5.32. The second-order valence-corrected chi connectivity index (χ2v) is 8.65. The third-order valence-electron chi connectivity index (χ3n) is 5.32. The van der Waals surface area contributed by atoms with Gasteiger partial charge in [-0.05, 0) is 55.7 Å². The highest BCUT2D eigenvalue weighted by atomic mass is 16.6. The Kier molecular flexibility index (Phi) is 14.1. The zero-order valence-electron chi connectivity index (χ0n) is 22.6. The standard InChI is InChI=1S/C30H39NO7/c1-4-7-8-9-12-21-35-24-17-15-23(16-18-24)29(33)31-25-13-10-11-14-26(25)38-27(30(34)37-20-6-3)22-28(32)36-19-5-2/h10-11,13-18,22H,4-9,12,19-21H2,1-3H3,(H,31,33)/b27-22-. The number of amides is 1. The van der Waals surface area contributed by atoms with Gasteiger partial charge in [-0.25, -0.2) is 9.59 Å². The van der Waals surface area contributed by atoms with Gasteiger partial charge >= 0.3 is 11.9 Å². The molecule has 1 amide bonds. The molecular weight excluding hydrogens is 486 g/mol. The van der Waals surface area contributed by atoms with Crippen molar-refractivity contribution in [2.24, 2.45) is 0 Å². The van der Waals surface area contributed by atoms with Crippen LogP contribution in [0, 0.1) is 0 Å². The van der Waals surface area contributed by atoms with Crippen molar-refractivity contribution in [2.75, 3.05) is 25.1 Å². The summed E-state index contributed by atoms with van der Waals surface area (Å²) >= 11 is 0. The molecule has 0 unspecified atom stereocenters. The van der Waals surface area contributed by atoms with E-state index < -0.39 is 11.9 Å². The highest BCUT2D eigenvalue weighted by Gasteiger charge is 2.19. The third kappa shape index (κ3) is 11.1. The molecule has 0 fully saturated rings. The van der Waals surface area contributed by atoms with Crippen LogP contribution in [-0.4, -0.2) is 37.7 Å². The first-order valence-corrected chi connectivity index (χ1v) is 13.3. The van der Waals surface area contributed by atoms with E-state index in [9.17, 15) is 14.4 Å². The largest absolute Gasteiger partial charge is 0.494 e. The molecule has 0 aliphatic carbocycles. The number of ether oxygens (including phenoxy) is 4. The highest BCUT2D eigenvalue weighted by molar-refractivity contribution is 6.05. The molecule has 0 saturated carbocycles. The molecule has 0 heterocycles. The van der Waals surface area contributed by atoms with Gasteiger partial charge in [0.2, 0.25) is 5.76 Å². The molecule has 0 saturated heterocycles. The minimum Gasteiger partial charge on any atom is -0.494 e. The minimum atomic E-state index is -0.803. The summed E-state index contributed by atoms with van der Waals surface area (Å²) in [4.78, 5) is 37.5. The van der Waals surface area contributed by atoms with E-state index in [4.69, 9.17) is 18.9 Å². The van der Waals surface area contributed by atoms with Gasteiger partial charge in [-0.1, -0.05) is 58.6 Å². The van der Waals surface area contributed by atoms with Gasteiger partial charge in [0.05, 0.1) is 31.6 Å². The van der Waals surface area contributed by atoms with Crippen LogP contribution in [-0.2, 0) is 19.1 Å². The van der Waals surface area contributed by atoms with Crippen LogP contribution in [0.4, 0.5) is 5.69 Å². The van der Waals surface area contributed by atoms with E-state index in [1.165, 1.54) is 19.3 Å². The van der Waals surface area contributed by atoms with E-state index in [1.54, 1.807) is 48.5 Å². The lowest BCUT2D eigenvalue weighted by molar-refractivity contribution is -0.143. The number of unbranched alkanes of at least 4 members (excludes halogenated alkanes) is 4. The molecule has 206 valence electrons. The first kappa shape index (κ1) is 30.4. The van der Waals surface area contributed by atoms with Gasteiger partial charge in [0.15, 0.2) is 5.75 Å². The van der Waals surface area contributed by atoms with E-state index in [2.05, 4.69) is 12.2 Å². The molecule has 0 atom stereocenters. The number of nitrogens with one attached hydrogen (secondary N) is 1. The number of carbonyl (C=O) groups is 3. The number of rotatable bonds is 17. The summed E-state index contributed by atoms with van der Waals surface area (Å²) in [7, 11) is 0. The Bertz CT molecular complexity index is 1050. The van der Waals surface area contributed by atoms with Crippen molar-refractivity contribution in [1.82, 2.24) is 0 Å². The van der Waals surface area contributed by atoms with E-state index in [1.807, 2.05) is 13.8 Å². The quantitative estimate of drug-likeness (QED) is 0.110. The molecule has 38 heavy (non-hydrogen) atoms. The predicted octanol–water partition coefficient (Wildman–Crippen LogP) is 6.46. The molecule has 0 spiro atoms. The monoisotopic (exact) mass is 525 g/mol. The first-order valence-electron chi connectivity index (χ1n) is 13.3. The second kappa shape index (κ2) is 17.6. The van der Waals surface area contributed by atoms with Crippen molar-refractivity contribution in [3.8, 4) is 11.5 Å². The average Bonchev–Trinajstić information content (AvgIpc) is 2.93. The summed E-state index contributed by atoms with van der Waals surface area (Å²) in [5.41, 5.74) is 0.748. The lowest BCUT2D eigenvalue weighted by Gasteiger charge is -2.14. The maximum Gasteiger partial charge on any atom is 0.374 e. The fraction of sp³-hybridized carbons (Fsp3) is 0.433. The zero-order valence-corrected chi connectivity index (χ0v) is 22.6. The van der Waals surface area contributed by atoms with Crippen molar-refractivity contribution in [2.45, 2.75) is 65.7 Å². The number of esters is 2. The van der Waals surface area contributed by atoms with E-state index in [0.29, 0.717) is 36.4 Å². The topological polar surface area (TPSA) is 100 Å². The molecule has 0 aromatic heterocycles. The van der Waals surface area contributed by atoms with Crippen LogP contribution in [0.1, 0.15) is 76.1 Å². The van der Waals surface area contributed by atoms with Gasteiger partial charge in [-0.15, -0.1) is 0 Å². The van der Waals surface area contributed by atoms with Gasteiger partial charge in [0.25, 0.3) is 5.91 Å². The molecule has 0 radical (unpaired) electrons. The number of benzene rings is 2. The summed E-state index contributed by atoms with van der Waals surface area (Å²) < 4.78 is 21.7. The molecule has 0 bridgehead atoms. The Morgan fingerprint density at radius 1 is 0.763 bits per heavy atom. The molecule has 8 heteroatoms. The SMILES string of the molecule is CCCCCCCOc1ccc(C(=O)Nc2ccccc2O/C(=C\C(=O)OCCC)C(=O)OCCC)cc1. The number of hydrogen-bond acceptors (Lipinski definition) is 7. The fourth-order valence-corrected chi connectivity index (χ4v) is 3.32. The van der Waals surface area contributed by atoms with Crippen LogP contribution in [0.2, 0.25) is 0 Å². The summed E-state index contributed by atoms with van der Waals surface area (Å²) in [6.07, 6.45) is 7.99. The molecule has 2 rings (SSSR count). The molecular formula is C30H39NO7. The Labute approximate surface area is 225 Å². The summed E-state index contributed by atoms with van der Waals surface area (Å²) in [5, 5.41) is 2.79. The Hall–Kier alpha value is -3.81. The summed E-state index contributed by atoms with van der Waals surface area (Å²) in [5.74, 6) is -1.35. The summed E-state index contributed by atoms with van der Waals surface area (Å²) in [6.45, 7) is 6.92. The van der Waals surface area contributed by atoms with Gasteiger partial charge in [0.1, 0.15) is 5.75 Å². The lowest BCUT2D eigenvalue weighted by atomic mass is 10.1. The Morgan fingerprint density at radius 2 is 1.45 bits per heavy atom. The van der Waals surface area contributed by atoms with Crippen LogP contribution in [0.15, 0.2) is 60.4 Å². The minimum absolute atomic E-state index is 0.167. The van der Waals surface area contributed by atoms with Crippen molar-refractivity contribution < 1.29 is 33.3 Å². The van der Waals surface area contributed by atoms with Crippen LogP contribution in [0.5, 0.6) is 11.5 Å². The Balaban J connectivity index is 2.07. The second-order valence-electron chi connectivity index (χ2n) is 8.65. The van der Waals surface area contributed by atoms with E-state index in [0.717, 1.165) is 18.9 Å². The van der Waals surface area contributed by atoms with Gasteiger partial charge in [-0.3, -0.25) is 4.79 Å². The maximum absolute atomic E-state index is 12.9. The average molecular weight is 526 g/mol. The first-order chi connectivity index (χ1) is 18.5. The van der Waals surface area contributed by atoms with E-state index in [-0.39, 0.29) is 30.6 Å². The molecule has 2 aromatic carbocycles. The molecule has 1 N–H and O–H groups in total. The highest BCUT2D eigenvalue weighted by Crippen LogP contribution is 2.27. The van der Waals surface area contributed by atoms with Crippen molar-refractivity contribution >= 4 is 23.5 Å². The molecule has 0 aliphatic heterocycles. The van der Waals surface area contributed by atoms with Crippen molar-refractivity contribution in [1.29, 1.82) is 0 Å². The lowest BCUT2D eigenvalue weighted by Crippen LogP contribution is -2.17. The van der Waals surface area contributed by atoms with Gasteiger partial charge < -0.3 is 24.3 Å². The normalized spacial score (nSPS) is 11.0. The molecule has 8 nitrogen and oxygen atoms in total. The summed E-state index contributed by atoms with van der Waals surface area (Å²) in [6, 6.07) is 13.5. The molecule has 2 aromatic rings. The van der Waals surface area contributed by atoms with Gasteiger partial charge in [-0.2, -0.15) is 0 Å². The van der Waals surface area contributed by atoms with Crippen molar-refractivity contribution in [3.05, 3.63) is 65.9 Å². The zero-order chi connectivity index (χ0) is 27.6. The van der Waals surface area contributed by atoms with Crippen LogP contribution in [0.3, 0.4) is 0 Å². The van der Waals surface area contributed by atoms with Crippen LogP contribution in [0.25, 0.3) is 0 Å². The van der Waals surface area contributed by atoms with Gasteiger partial charge in [0, 0.05) is 5.56 Å². The number of anilines is 1. The number of para-hydroxylation sites is 2. The fourth-order valence-electron chi connectivity index (χ4n) is 3.32. The molecule has 0 aliphatic rings. The smallest absolute Gasteiger partial charge is 0.374 e. The van der Waals surface area contributed by atoms with E-state index >= 15 is 0 Å².